The molecule has 12 heavy (non-hydrogen) atoms. The molecule has 64 valence electrons. The third kappa shape index (κ3) is 1.84. The summed E-state index contributed by atoms with van der Waals surface area (Å²) in [4.78, 5) is 10.4. The van der Waals surface area contributed by atoms with Crippen molar-refractivity contribution in [1.29, 1.82) is 0 Å². The highest BCUT2D eigenvalue weighted by molar-refractivity contribution is 5.61. The normalized spacial score (nSPS) is 12.2. The lowest BCUT2D eigenvalue weighted by Crippen LogP contribution is -1.93. The van der Waals surface area contributed by atoms with Crippen LogP contribution in [0, 0.1) is 0 Å². The molecule has 1 atom stereocenters. The molecule has 0 saturated heterocycles. The van der Waals surface area contributed by atoms with E-state index in [-0.39, 0.29) is 5.92 Å². The van der Waals surface area contributed by atoms with Crippen LogP contribution in [0.4, 0.5) is 0 Å². The van der Waals surface area contributed by atoms with Crippen LogP contribution in [0.25, 0.3) is 0 Å². The van der Waals surface area contributed by atoms with Crippen molar-refractivity contribution in [1.82, 2.24) is 0 Å². The van der Waals surface area contributed by atoms with E-state index in [1.807, 2.05) is 31.2 Å². The molecule has 2 nitrogen and oxygen atoms in total. The van der Waals surface area contributed by atoms with Crippen LogP contribution in [-0.4, -0.2) is 13.4 Å². The van der Waals surface area contributed by atoms with Crippen LogP contribution in [0.5, 0.6) is 5.75 Å². The van der Waals surface area contributed by atoms with Gasteiger partial charge in [0.1, 0.15) is 12.0 Å². The minimum atomic E-state index is -0.0316. The number of carbonyl (C=O) groups is 1. The van der Waals surface area contributed by atoms with Crippen LogP contribution in [0.3, 0.4) is 0 Å². The molecule has 0 aliphatic heterocycles. The van der Waals surface area contributed by atoms with E-state index >= 15 is 0 Å². The molecule has 1 aromatic carbocycles. The fourth-order valence-corrected chi connectivity index (χ4v) is 0.986. The first kappa shape index (κ1) is 8.78. The van der Waals surface area contributed by atoms with E-state index in [0.717, 1.165) is 17.6 Å². The lowest BCUT2D eigenvalue weighted by atomic mass is 10.0. The molecule has 0 aliphatic carbocycles. The summed E-state index contributed by atoms with van der Waals surface area (Å²) in [6, 6.07) is 7.51. The summed E-state index contributed by atoms with van der Waals surface area (Å²) in [5, 5.41) is 0. The average molecular weight is 164 g/mol. The number of rotatable bonds is 3. The fraction of sp³-hybridized carbons (Fsp3) is 0.300. The topological polar surface area (TPSA) is 26.3 Å². The summed E-state index contributed by atoms with van der Waals surface area (Å²) in [6.45, 7) is 1.87. The van der Waals surface area contributed by atoms with Crippen molar-refractivity contribution in [2.75, 3.05) is 7.11 Å². The highest BCUT2D eigenvalue weighted by Crippen LogP contribution is 2.16. The molecule has 1 rings (SSSR count). The Labute approximate surface area is 72.2 Å². The van der Waals surface area contributed by atoms with Crippen molar-refractivity contribution >= 4 is 6.29 Å². The summed E-state index contributed by atoms with van der Waals surface area (Å²) >= 11 is 0. The molecule has 1 unspecified atom stereocenters. The zero-order chi connectivity index (χ0) is 8.97. The second-order valence-electron chi connectivity index (χ2n) is 2.70. The number of hydrogen-bond donors (Lipinski definition) is 0. The van der Waals surface area contributed by atoms with Crippen molar-refractivity contribution < 1.29 is 9.53 Å². The predicted molar refractivity (Wildman–Crippen MR) is 47.5 cm³/mol. The predicted octanol–water partition coefficient (Wildman–Crippen LogP) is 2.00. The highest BCUT2D eigenvalue weighted by atomic mass is 16.5. The van der Waals surface area contributed by atoms with E-state index in [4.69, 9.17) is 4.74 Å². The summed E-state index contributed by atoms with van der Waals surface area (Å²) in [5.41, 5.74) is 1.02. The third-order valence-electron chi connectivity index (χ3n) is 1.85. The van der Waals surface area contributed by atoms with Gasteiger partial charge in [0.25, 0.3) is 0 Å². The zero-order valence-corrected chi connectivity index (χ0v) is 7.28. The van der Waals surface area contributed by atoms with Gasteiger partial charge in [-0.25, -0.2) is 0 Å². The first-order chi connectivity index (χ1) is 5.77. The van der Waals surface area contributed by atoms with Gasteiger partial charge >= 0.3 is 0 Å². The molecule has 1 aromatic rings. The van der Waals surface area contributed by atoms with E-state index in [0.29, 0.717) is 0 Å². The van der Waals surface area contributed by atoms with Gasteiger partial charge in [-0.15, -0.1) is 0 Å². The van der Waals surface area contributed by atoms with Gasteiger partial charge in [-0.2, -0.15) is 0 Å². The van der Waals surface area contributed by atoms with Gasteiger partial charge in [-0.05, 0) is 17.7 Å². The molecule has 0 radical (unpaired) electrons. The maximum absolute atomic E-state index is 10.4. The average Bonchev–Trinajstić information content (AvgIpc) is 2.17. The summed E-state index contributed by atoms with van der Waals surface area (Å²) in [6.07, 6.45) is 0.932. The Hall–Kier alpha value is -1.31. The van der Waals surface area contributed by atoms with Crippen LogP contribution >= 0.6 is 0 Å². The molecule has 0 saturated carbocycles. The summed E-state index contributed by atoms with van der Waals surface area (Å²) in [5.74, 6) is 0.785. The standard InChI is InChI=1S/C10H12O2/c1-8(7-11)9-3-5-10(12-2)6-4-9/h3-8H,1-2H3. The number of ether oxygens (including phenoxy) is 1. The Kier molecular flexibility index (Phi) is 2.86. The summed E-state index contributed by atoms with van der Waals surface area (Å²) < 4.78 is 4.99. The molecule has 0 N–H and O–H groups in total. The van der Waals surface area contributed by atoms with Gasteiger partial charge in [0.15, 0.2) is 0 Å². The van der Waals surface area contributed by atoms with Crippen LogP contribution in [0.15, 0.2) is 24.3 Å². The van der Waals surface area contributed by atoms with Crippen LogP contribution in [0.1, 0.15) is 18.4 Å². The van der Waals surface area contributed by atoms with E-state index in [9.17, 15) is 4.79 Å². The number of carbonyl (C=O) groups excluding carboxylic acids is 1. The van der Waals surface area contributed by atoms with Crippen LogP contribution in [-0.2, 0) is 4.79 Å². The van der Waals surface area contributed by atoms with Crippen molar-refractivity contribution in [3.05, 3.63) is 29.8 Å². The fourth-order valence-electron chi connectivity index (χ4n) is 0.986. The second-order valence-corrected chi connectivity index (χ2v) is 2.70. The number of methoxy groups -OCH3 is 1. The number of aldehydes is 1. The molecule has 2 heteroatoms. The van der Waals surface area contributed by atoms with Gasteiger partial charge in [0.2, 0.25) is 0 Å². The van der Waals surface area contributed by atoms with Crippen molar-refractivity contribution in [3.8, 4) is 5.75 Å². The van der Waals surface area contributed by atoms with E-state index in [1.165, 1.54) is 0 Å². The first-order valence-electron chi connectivity index (χ1n) is 3.87. The minimum absolute atomic E-state index is 0.0316. The lowest BCUT2D eigenvalue weighted by molar-refractivity contribution is -0.108. The van der Waals surface area contributed by atoms with Crippen LogP contribution in [0.2, 0.25) is 0 Å². The smallest absolute Gasteiger partial charge is 0.127 e. The molecule has 0 heterocycles. The van der Waals surface area contributed by atoms with Gasteiger partial charge in [0.05, 0.1) is 7.11 Å². The Balaban J connectivity index is 2.84. The van der Waals surface area contributed by atoms with Gasteiger partial charge in [-0.1, -0.05) is 19.1 Å². The monoisotopic (exact) mass is 164 g/mol. The Morgan fingerprint density at radius 2 is 1.92 bits per heavy atom. The highest BCUT2D eigenvalue weighted by Gasteiger charge is 2.02. The molecule has 0 amide bonds. The van der Waals surface area contributed by atoms with Crippen molar-refractivity contribution in [2.45, 2.75) is 12.8 Å². The minimum Gasteiger partial charge on any atom is -0.497 e. The van der Waals surface area contributed by atoms with Gasteiger partial charge in [0, 0.05) is 5.92 Å². The molecular formula is C10H12O2. The van der Waals surface area contributed by atoms with Gasteiger partial charge in [-0.3, -0.25) is 0 Å². The second kappa shape index (κ2) is 3.90. The maximum atomic E-state index is 10.4. The van der Waals surface area contributed by atoms with Crippen LogP contribution < -0.4 is 4.74 Å². The number of hydrogen-bond acceptors (Lipinski definition) is 2. The Bertz CT molecular complexity index is 251. The van der Waals surface area contributed by atoms with Crippen molar-refractivity contribution in [3.63, 3.8) is 0 Å². The Morgan fingerprint density at radius 3 is 2.33 bits per heavy atom. The van der Waals surface area contributed by atoms with E-state index in [2.05, 4.69) is 0 Å². The lowest BCUT2D eigenvalue weighted by Gasteiger charge is -2.04. The summed E-state index contributed by atoms with van der Waals surface area (Å²) in [7, 11) is 1.62. The molecule has 0 bridgehead atoms. The molecule has 0 spiro atoms. The zero-order valence-electron chi connectivity index (χ0n) is 7.28. The Morgan fingerprint density at radius 1 is 1.33 bits per heavy atom. The van der Waals surface area contributed by atoms with Crippen molar-refractivity contribution in [2.24, 2.45) is 0 Å². The maximum Gasteiger partial charge on any atom is 0.127 e. The quantitative estimate of drug-likeness (QED) is 0.639. The third-order valence-corrected chi connectivity index (χ3v) is 1.85. The first-order valence-corrected chi connectivity index (χ1v) is 3.87. The largest absolute Gasteiger partial charge is 0.497 e. The van der Waals surface area contributed by atoms with E-state index < -0.39 is 0 Å². The van der Waals surface area contributed by atoms with Gasteiger partial charge < -0.3 is 9.53 Å². The molecule has 0 aliphatic rings. The number of benzene rings is 1. The molecule has 0 fully saturated rings. The van der Waals surface area contributed by atoms with E-state index in [1.54, 1.807) is 7.11 Å². The SMILES string of the molecule is COc1ccc(C(C)C=O)cc1. The molecular weight excluding hydrogens is 152 g/mol. The molecule has 0 aromatic heterocycles.